The summed E-state index contributed by atoms with van der Waals surface area (Å²) in [7, 11) is 1.41. The fourth-order valence-corrected chi connectivity index (χ4v) is 3.11. The van der Waals surface area contributed by atoms with Gasteiger partial charge in [0.25, 0.3) is 5.91 Å². The first-order chi connectivity index (χ1) is 11.2. The van der Waals surface area contributed by atoms with Gasteiger partial charge in [-0.2, -0.15) is 0 Å². The van der Waals surface area contributed by atoms with Gasteiger partial charge in [0, 0.05) is 31.1 Å². The highest BCUT2D eigenvalue weighted by molar-refractivity contribution is 6.05. The van der Waals surface area contributed by atoms with Crippen LogP contribution in [0.1, 0.15) is 29.6 Å². The van der Waals surface area contributed by atoms with Crippen molar-refractivity contribution in [1.82, 2.24) is 9.88 Å². The first-order valence-electron chi connectivity index (χ1n) is 7.89. The molecule has 0 N–H and O–H groups in total. The monoisotopic (exact) mass is 312 g/mol. The van der Waals surface area contributed by atoms with Gasteiger partial charge in [-0.3, -0.25) is 14.6 Å². The van der Waals surface area contributed by atoms with E-state index in [1.54, 1.807) is 12.3 Å². The van der Waals surface area contributed by atoms with E-state index in [1.807, 2.05) is 29.2 Å². The smallest absolute Gasteiger partial charge is 0.305 e. The Morgan fingerprint density at radius 3 is 2.70 bits per heavy atom. The molecule has 23 heavy (non-hydrogen) atoms. The number of hydrogen-bond donors (Lipinski definition) is 0. The lowest BCUT2D eigenvalue weighted by atomic mass is 9.93. The lowest BCUT2D eigenvalue weighted by Crippen LogP contribution is -2.39. The second kappa shape index (κ2) is 6.77. The first-order valence-corrected chi connectivity index (χ1v) is 7.89. The van der Waals surface area contributed by atoms with Gasteiger partial charge in [0.2, 0.25) is 0 Å². The summed E-state index contributed by atoms with van der Waals surface area (Å²) >= 11 is 0. The summed E-state index contributed by atoms with van der Waals surface area (Å²) in [6.07, 6.45) is 3.80. The second-order valence-corrected chi connectivity index (χ2v) is 5.89. The minimum absolute atomic E-state index is 0.0418. The Bertz CT molecular complexity index is 716. The van der Waals surface area contributed by atoms with Gasteiger partial charge in [-0.05, 0) is 30.9 Å². The van der Waals surface area contributed by atoms with E-state index in [-0.39, 0.29) is 11.9 Å². The van der Waals surface area contributed by atoms with Crippen LogP contribution in [0, 0.1) is 5.92 Å². The molecule has 1 aromatic heterocycles. The highest BCUT2D eigenvalue weighted by Gasteiger charge is 2.26. The molecule has 2 heterocycles. The van der Waals surface area contributed by atoms with Crippen molar-refractivity contribution < 1.29 is 14.3 Å². The van der Waals surface area contributed by atoms with E-state index >= 15 is 0 Å². The molecular weight excluding hydrogens is 292 g/mol. The summed E-state index contributed by atoms with van der Waals surface area (Å²) in [5.74, 6) is 0.177. The van der Waals surface area contributed by atoms with Crippen LogP contribution in [-0.4, -0.2) is 42.0 Å². The number of aromatic nitrogens is 1. The molecule has 1 fully saturated rings. The number of esters is 1. The van der Waals surface area contributed by atoms with Crippen LogP contribution >= 0.6 is 0 Å². The Labute approximate surface area is 135 Å². The van der Waals surface area contributed by atoms with Gasteiger partial charge in [-0.25, -0.2) is 0 Å². The number of hydrogen-bond acceptors (Lipinski definition) is 4. The summed E-state index contributed by atoms with van der Waals surface area (Å²) in [5.41, 5.74) is 1.53. The van der Waals surface area contributed by atoms with Gasteiger partial charge >= 0.3 is 5.97 Å². The van der Waals surface area contributed by atoms with E-state index in [2.05, 4.69) is 4.98 Å². The highest BCUT2D eigenvalue weighted by atomic mass is 16.5. The number of carbonyl (C=O) groups excluding carboxylic acids is 2. The quantitative estimate of drug-likeness (QED) is 0.818. The third-order valence-corrected chi connectivity index (χ3v) is 4.46. The van der Waals surface area contributed by atoms with Crippen molar-refractivity contribution in [1.29, 1.82) is 0 Å². The molecule has 2 aromatic rings. The lowest BCUT2D eigenvalue weighted by molar-refractivity contribution is -0.142. The third kappa shape index (κ3) is 3.33. The van der Waals surface area contributed by atoms with Gasteiger partial charge in [0.1, 0.15) is 0 Å². The van der Waals surface area contributed by atoms with Crippen LogP contribution in [0.5, 0.6) is 0 Å². The maximum absolute atomic E-state index is 12.8. The molecule has 5 heteroatoms. The van der Waals surface area contributed by atoms with Gasteiger partial charge < -0.3 is 9.64 Å². The maximum Gasteiger partial charge on any atom is 0.305 e. The Kier molecular flexibility index (Phi) is 4.55. The van der Waals surface area contributed by atoms with Crippen molar-refractivity contribution in [2.24, 2.45) is 5.92 Å². The summed E-state index contributed by atoms with van der Waals surface area (Å²) in [5, 5.41) is 0.886. The van der Waals surface area contributed by atoms with E-state index in [9.17, 15) is 9.59 Å². The van der Waals surface area contributed by atoms with Crippen LogP contribution in [0.15, 0.2) is 36.5 Å². The van der Waals surface area contributed by atoms with E-state index in [0.29, 0.717) is 31.0 Å². The molecule has 1 aromatic carbocycles. The number of piperidine rings is 1. The van der Waals surface area contributed by atoms with Gasteiger partial charge in [0.05, 0.1) is 18.2 Å². The van der Waals surface area contributed by atoms with Crippen molar-refractivity contribution in [3.63, 3.8) is 0 Å². The molecule has 1 amide bonds. The Morgan fingerprint density at radius 2 is 1.96 bits per heavy atom. The fourth-order valence-electron chi connectivity index (χ4n) is 3.11. The number of amides is 1. The van der Waals surface area contributed by atoms with Crippen molar-refractivity contribution in [2.75, 3.05) is 20.2 Å². The van der Waals surface area contributed by atoms with E-state index in [4.69, 9.17) is 4.74 Å². The molecule has 1 aliphatic heterocycles. The van der Waals surface area contributed by atoms with Crippen molar-refractivity contribution in [3.05, 3.63) is 42.1 Å². The minimum atomic E-state index is -0.171. The lowest BCUT2D eigenvalue weighted by Gasteiger charge is -2.31. The van der Waals surface area contributed by atoms with Crippen molar-refractivity contribution >= 4 is 22.8 Å². The number of fused-ring (bicyclic) bond motifs is 1. The zero-order valence-electron chi connectivity index (χ0n) is 13.2. The molecule has 0 atom stereocenters. The Morgan fingerprint density at radius 1 is 1.22 bits per heavy atom. The average Bonchev–Trinajstić information content (AvgIpc) is 2.61. The molecule has 0 aliphatic carbocycles. The number of methoxy groups -OCH3 is 1. The van der Waals surface area contributed by atoms with Gasteiger partial charge in [0.15, 0.2) is 0 Å². The largest absolute Gasteiger partial charge is 0.469 e. The van der Waals surface area contributed by atoms with Crippen LogP contribution in [0.25, 0.3) is 10.9 Å². The van der Waals surface area contributed by atoms with Gasteiger partial charge in [-0.15, -0.1) is 0 Å². The van der Waals surface area contributed by atoms with Crippen molar-refractivity contribution in [2.45, 2.75) is 19.3 Å². The van der Waals surface area contributed by atoms with Crippen LogP contribution in [0.2, 0.25) is 0 Å². The Balaban J connectivity index is 1.71. The molecule has 1 saturated heterocycles. The van der Waals surface area contributed by atoms with Crippen LogP contribution in [-0.2, 0) is 9.53 Å². The summed E-state index contributed by atoms with van der Waals surface area (Å²) in [4.78, 5) is 30.3. The molecule has 0 radical (unpaired) electrons. The molecule has 3 rings (SSSR count). The van der Waals surface area contributed by atoms with E-state index in [1.165, 1.54) is 7.11 Å². The van der Waals surface area contributed by atoms with Crippen molar-refractivity contribution in [3.8, 4) is 0 Å². The molecule has 0 bridgehead atoms. The molecule has 0 unspecified atom stereocenters. The number of likely N-dealkylation sites (tertiary alicyclic amines) is 1. The topological polar surface area (TPSA) is 59.5 Å². The SMILES string of the molecule is COC(=O)CC1CCN(C(=O)c2ccnc3ccccc23)CC1. The average molecular weight is 312 g/mol. The number of para-hydroxylation sites is 1. The standard InChI is InChI=1S/C18H20N2O3/c1-23-17(21)12-13-7-10-20(11-8-13)18(22)15-6-9-19-16-5-3-2-4-14(15)16/h2-6,9,13H,7-8,10-12H2,1H3. The second-order valence-electron chi connectivity index (χ2n) is 5.89. The van der Waals surface area contributed by atoms with Crippen LogP contribution in [0.4, 0.5) is 0 Å². The highest BCUT2D eigenvalue weighted by Crippen LogP contribution is 2.24. The maximum atomic E-state index is 12.8. The number of carbonyl (C=O) groups is 2. The van der Waals surface area contributed by atoms with E-state index in [0.717, 1.165) is 23.7 Å². The fraction of sp³-hybridized carbons (Fsp3) is 0.389. The van der Waals surface area contributed by atoms with Crippen LogP contribution < -0.4 is 0 Å². The zero-order valence-corrected chi connectivity index (χ0v) is 13.2. The van der Waals surface area contributed by atoms with Crippen LogP contribution in [0.3, 0.4) is 0 Å². The molecule has 0 saturated carbocycles. The summed E-state index contributed by atoms with van der Waals surface area (Å²) < 4.78 is 4.72. The number of ether oxygens (including phenoxy) is 1. The van der Waals surface area contributed by atoms with E-state index < -0.39 is 0 Å². The van der Waals surface area contributed by atoms with Gasteiger partial charge in [-0.1, -0.05) is 18.2 Å². The predicted octanol–water partition coefficient (Wildman–Crippen LogP) is 2.65. The minimum Gasteiger partial charge on any atom is -0.469 e. The molecule has 0 spiro atoms. The Hall–Kier alpha value is -2.43. The predicted molar refractivity (Wildman–Crippen MR) is 87.0 cm³/mol. The summed E-state index contributed by atoms with van der Waals surface area (Å²) in [6, 6.07) is 9.46. The normalized spacial score (nSPS) is 15.6. The molecular formula is C18H20N2O3. The number of rotatable bonds is 3. The molecule has 120 valence electrons. The number of nitrogens with zero attached hydrogens (tertiary/aromatic N) is 2. The molecule has 1 aliphatic rings. The third-order valence-electron chi connectivity index (χ3n) is 4.46. The summed E-state index contributed by atoms with van der Waals surface area (Å²) in [6.45, 7) is 1.36. The first kappa shape index (κ1) is 15.5. The number of pyridine rings is 1. The molecule has 5 nitrogen and oxygen atoms in total. The zero-order chi connectivity index (χ0) is 16.2. The number of benzene rings is 1.